The first-order valence-electron chi connectivity index (χ1n) is 6.75. The van der Waals surface area contributed by atoms with Gasteiger partial charge in [0, 0.05) is 11.1 Å². The number of aromatic amines is 1. The zero-order chi connectivity index (χ0) is 14.2. The van der Waals surface area contributed by atoms with E-state index < -0.39 is 0 Å². The molecule has 0 unspecified atom stereocenters. The highest BCUT2D eigenvalue weighted by Gasteiger charge is 2.16. The van der Waals surface area contributed by atoms with Gasteiger partial charge in [-0.3, -0.25) is 9.89 Å². The number of hydrogen-bond donors (Lipinski definition) is 2. The second-order valence-corrected chi connectivity index (χ2v) is 5.05. The van der Waals surface area contributed by atoms with Crippen molar-refractivity contribution < 1.29 is 9.53 Å². The van der Waals surface area contributed by atoms with Crippen molar-refractivity contribution in [3.8, 4) is 0 Å². The van der Waals surface area contributed by atoms with Gasteiger partial charge in [-0.05, 0) is 29.3 Å². The maximum atomic E-state index is 12.4. The third-order valence-corrected chi connectivity index (χ3v) is 3.66. The molecular weight excluding hydrogens is 266 g/mol. The van der Waals surface area contributed by atoms with Gasteiger partial charge in [-0.1, -0.05) is 24.3 Å². The Balaban J connectivity index is 1.63. The van der Waals surface area contributed by atoms with Crippen molar-refractivity contribution in [3.05, 3.63) is 59.3 Å². The summed E-state index contributed by atoms with van der Waals surface area (Å²) in [6, 6.07) is 13.4. The Bertz CT molecular complexity index is 838. The lowest BCUT2D eigenvalue weighted by molar-refractivity contribution is 0.102. The van der Waals surface area contributed by atoms with E-state index in [1.165, 1.54) is 5.56 Å². The van der Waals surface area contributed by atoms with Crippen LogP contribution in [0.2, 0.25) is 0 Å². The number of aromatic nitrogens is 2. The first kappa shape index (κ1) is 12.1. The Morgan fingerprint density at radius 2 is 2.00 bits per heavy atom. The van der Waals surface area contributed by atoms with Gasteiger partial charge in [-0.15, -0.1) is 0 Å². The van der Waals surface area contributed by atoms with Crippen molar-refractivity contribution in [1.29, 1.82) is 0 Å². The molecule has 0 atom stereocenters. The Hall–Kier alpha value is -2.66. The summed E-state index contributed by atoms with van der Waals surface area (Å²) in [5.41, 5.74) is 4.32. The number of amides is 1. The summed E-state index contributed by atoms with van der Waals surface area (Å²) < 4.78 is 5.37. The molecule has 0 bridgehead atoms. The molecule has 2 N–H and O–H groups in total. The molecule has 2 aromatic carbocycles. The van der Waals surface area contributed by atoms with Crippen LogP contribution in [-0.2, 0) is 18.0 Å². The van der Waals surface area contributed by atoms with E-state index in [9.17, 15) is 4.79 Å². The standard InChI is InChI=1S/C16H13N3O2/c20-16(15-13-3-1-2-4-14(13)18-19-15)17-12-6-5-10-8-21-9-11(10)7-12/h1-7H,8-9H2,(H,17,20)(H,18,19). The minimum absolute atomic E-state index is 0.216. The molecular formula is C16H13N3O2. The van der Waals surface area contributed by atoms with Gasteiger partial charge in [0.15, 0.2) is 5.69 Å². The van der Waals surface area contributed by atoms with Crippen molar-refractivity contribution in [1.82, 2.24) is 10.2 Å². The van der Waals surface area contributed by atoms with E-state index in [-0.39, 0.29) is 5.91 Å². The van der Waals surface area contributed by atoms with Crippen molar-refractivity contribution in [2.45, 2.75) is 13.2 Å². The molecule has 0 saturated heterocycles. The number of H-pyrrole nitrogens is 1. The number of para-hydroxylation sites is 1. The molecule has 5 heteroatoms. The maximum absolute atomic E-state index is 12.4. The monoisotopic (exact) mass is 279 g/mol. The predicted octanol–water partition coefficient (Wildman–Crippen LogP) is 2.85. The van der Waals surface area contributed by atoms with Gasteiger partial charge in [0.1, 0.15) is 0 Å². The minimum Gasteiger partial charge on any atom is -0.372 e. The summed E-state index contributed by atoms with van der Waals surface area (Å²) >= 11 is 0. The lowest BCUT2D eigenvalue weighted by Gasteiger charge is -2.05. The van der Waals surface area contributed by atoms with Crippen molar-refractivity contribution in [2.24, 2.45) is 0 Å². The Labute approximate surface area is 120 Å². The molecule has 0 radical (unpaired) electrons. The topological polar surface area (TPSA) is 67.0 Å². The fraction of sp³-hybridized carbons (Fsp3) is 0.125. The van der Waals surface area contributed by atoms with Gasteiger partial charge in [-0.2, -0.15) is 5.10 Å². The third kappa shape index (κ3) is 2.08. The highest BCUT2D eigenvalue weighted by atomic mass is 16.5. The first-order valence-corrected chi connectivity index (χ1v) is 6.75. The van der Waals surface area contributed by atoms with Crippen LogP contribution in [0.25, 0.3) is 10.9 Å². The third-order valence-electron chi connectivity index (χ3n) is 3.66. The van der Waals surface area contributed by atoms with Crippen molar-refractivity contribution >= 4 is 22.5 Å². The van der Waals surface area contributed by atoms with Crippen molar-refractivity contribution in [2.75, 3.05) is 5.32 Å². The molecule has 21 heavy (non-hydrogen) atoms. The number of fused-ring (bicyclic) bond motifs is 2. The van der Waals surface area contributed by atoms with Crippen LogP contribution >= 0.6 is 0 Å². The maximum Gasteiger partial charge on any atom is 0.276 e. The fourth-order valence-electron chi connectivity index (χ4n) is 2.58. The van der Waals surface area contributed by atoms with E-state index in [2.05, 4.69) is 15.5 Å². The van der Waals surface area contributed by atoms with Gasteiger partial charge in [-0.25, -0.2) is 0 Å². The smallest absolute Gasteiger partial charge is 0.276 e. The van der Waals surface area contributed by atoms with Crippen LogP contribution in [0, 0.1) is 0 Å². The van der Waals surface area contributed by atoms with Crippen molar-refractivity contribution in [3.63, 3.8) is 0 Å². The lowest BCUT2D eigenvalue weighted by atomic mass is 10.1. The summed E-state index contributed by atoms with van der Waals surface area (Å²) in [6.07, 6.45) is 0. The van der Waals surface area contributed by atoms with Gasteiger partial charge < -0.3 is 10.1 Å². The summed E-state index contributed by atoms with van der Waals surface area (Å²) in [4.78, 5) is 12.4. The molecule has 1 aromatic heterocycles. The molecule has 0 spiro atoms. The number of nitrogens with one attached hydrogen (secondary N) is 2. The van der Waals surface area contributed by atoms with Crippen LogP contribution in [0.15, 0.2) is 42.5 Å². The molecule has 1 aliphatic heterocycles. The number of ether oxygens (including phenoxy) is 1. The van der Waals surface area contributed by atoms with Crippen LogP contribution in [0.3, 0.4) is 0 Å². The Morgan fingerprint density at radius 3 is 2.95 bits per heavy atom. The molecule has 4 rings (SSSR count). The molecule has 1 aliphatic rings. The molecule has 3 aromatic rings. The van der Waals surface area contributed by atoms with E-state index in [0.29, 0.717) is 18.9 Å². The summed E-state index contributed by atoms with van der Waals surface area (Å²) in [6.45, 7) is 1.25. The Kier molecular flexibility index (Phi) is 2.72. The molecule has 2 heterocycles. The van der Waals surface area contributed by atoms with E-state index in [0.717, 1.165) is 22.2 Å². The molecule has 0 aliphatic carbocycles. The highest BCUT2D eigenvalue weighted by Crippen LogP contribution is 2.24. The average Bonchev–Trinajstić information content (AvgIpc) is 3.13. The molecule has 5 nitrogen and oxygen atoms in total. The predicted molar refractivity (Wildman–Crippen MR) is 79.0 cm³/mol. The van der Waals surface area contributed by atoms with Crippen LogP contribution in [0.1, 0.15) is 21.6 Å². The average molecular weight is 279 g/mol. The largest absolute Gasteiger partial charge is 0.372 e. The molecule has 0 fully saturated rings. The summed E-state index contributed by atoms with van der Waals surface area (Å²) in [5.74, 6) is -0.216. The quantitative estimate of drug-likeness (QED) is 0.758. The second-order valence-electron chi connectivity index (χ2n) is 5.05. The molecule has 0 saturated carbocycles. The first-order chi connectivity index (χ1) is 10.3. The van der Waals surface area contributed by atoms with Crippen LogP contribution < -0.4 is 5.32 Å². The van der Waals surface area contributed by atoms with E-state index in [4.69, 9.17) is 4.74 Å². The Morgan fingerprint density at radius 1 is 1.14 bits per heavy atom. The van der Waals surface area contributed by atoms with Gasteiger partial charge in [0.25, 0.3) is 5.91 Å². The minimum atomic E-state index is -0.216. The van der Waals surface area contributed by atoms with Gasteiger partial charge in [0.05, 0.1) is 18.7 Å². The number of anilines is 1. The number of carbonyl (C=O) groups is 1. The van der Waals surface area contributed by atoms with E-state index >= 15 is 0 Å². The van der Waals surface area contributed by atoms with Gasteiger partial charge in [0.2, 0.25) is 0 Å². The number of benzene rings is 2. The number of nitrogens with zero attached hydrogens (tertiary/aromatic N) is 1. The van der Waals surface area contributed by atoms with Crippen LogP contribution in [0.4, 0.5) is 5.69 Å². The number of rotatable bonds is 2. The molecule has 104 valence electrons. The number of hydrogen-bond acceptors (Lipinski definition) is 3. The second kappa shape index (κ2) is 4.71. The van der Waals surface area contributed by atoms with E-state index in [1.54, 1.807) is 0 Å². The highest BCUT2D eigenvalue weighted by molar-refractivity contribution is 6.11. The van der Waals surface area contributed by atoms with Crippen LogP contribution in [0.5, 0.6) is 0 Å². The van der Waals surface area contributed by atoms with Gasteiger partial charge >= 0.3 is 0 Å². The lowest BCUT2D eigenvalue weighted by Crippen LogP contribution is -2.13. The van der Waals surface area contributed by atoms with Crippen LogP contribution in [-0.4, -0.2) is 16.1 Å². The zero-order valence-corrected chi connectivity index (χ0v) is 11.2. The number of carbonyl (C=O) groups excluding carboxylic acids is 1. The summed E-state index contributed by atoms with van der Waals surface area (Å²) in [7, 11) is 0. The normalized spacial score (nSPS) is 13.3. The summed E-state index contributed by atoms with van der Waals surface area (Å²) in [5, 5.41) is 10.7. The molecule has 1 amide bonds. The zero-order valence-electron chi connectivity index (χ0n) is 11.2. The van der Waals surface area contributed by atoms with E-state index in [1.807, 2.05) is 42.5 Å². The SMILES string of the molecule is O=C(Nc1ccc2c(c1)COC2)c1n[nH]c2ccccc12. The fourth-order valence-corrected chi connectivity index (χ4v) is 2.58.